The van der Waals surface area contributed by atoms with Gasteiger partial charge in [0, 0.05) is 32.2 Å². The largest absolute Gasteiger partial charge is 0.310 e. The van der Waals surface area contributed by atoms with Crippen molar-refractivity contribution in [2.45, 2.75) is 46.3 Å². The van der Waals surface area contributed by atoms with Crippen molar-refractivity contribution in [2.75, 3.05) is 13.1 Å². The number of nitrogens with zero attached hydrogens (tertiary/aromatic N) is 1. The van der Waals surface area contributed by atoms with Gasteiger partial charge in [-0.25, -0.2) is 0 Å². The van der Waals surface area contributed by atoms with E-state index in [2.05, 4.69) is 61.3 Å². The van der Waals surface area contributed by atoms with Gasteiger partial charge in [0.05, 0.1) is 0 Å². The fourth-order valence-corrected chi connectivity index (χ4v) is 2.56. The third-order valence-electron chi connectivity index (χ3n) is 3.62. The predicted octanol–water partition coefficient (Wildman–Crippen LogP) is 3.34. The van der Waals surface area contributed by atoms with Gasteiger partial charge in [0.1, 0.15) is 0 Å². The molecule has 1 heterocycles. The summed E-state index contributed by atoms with van der Waals surface area (Å²) in [6.07, 6.45) is 3.56. The monoisotopic (exact) mass is 258 g/mol. The van der Waals surface area contributed by atoms with Crippen LogP contribution in [-0.4, -0.2) is 24.0 Å². The Morgan fingerprint density at radius 1 is 1.21 bits per heavy atom. The van der Waals surface area contributed by atoms with Crippen LogP contribution in [0.25, 0.3) is 0 Å². The van der Waals surface area contributed by atoms with Crippen molar-refractivity contribution >= 4 is 0 Å². The Morgan fingerprint density at radius 2 is 1.95 bits per heavy atom. The van der Waals surface area contributed by atoms with Gasteiger partial charge in [-0.05, 0) is 24.5 Å². The van der Waals surface area contributed by atoms with Crippen LogP contribution in [0.2, 0.25) is 0 Å². The summed E-state index contributed by atoms with van der Waals surface area (Å²) < 4.78 is 0. The minimum Gasteiger partial charge on any atom is -0.310 e. The molecule has 0 aliphatic carbocycles. The molecule has 2 rings (SSSR count). The van der Waals surface area contributed by atoms with Crippen molar-refractivity contribution in [3.63, 3.8) is 0 Å². The van der Waals surface area contributed by atoms with Crippen molar-refractivity contribution in [3.05, 3.63) is 47.0 Å². The Labute approximate surface area is 117 Å². The van der Waals surface area contributed by atoms with Crippen molar-refractivity contribution in [2.24, 2.45) is 0 Å². The standard InChI is InChI=1S/C17H26N2/c1-14(2)18-11-16-8-4-5-9-17(16)13-19-10-6-7-15(3)12-19/h4-5,7-9,14,18H,6,10-13H2,1-3H3. The topological polar surface area (TPSA) is 15.3 Å². The first-order chi connectivity index (χ1) is 9.15. The minimum absolute atomic E-state index is 0.535. The maximum atomic E-state index is 3.52. The zero-order valence-corrected chi connectivity index (χ0v) is 12.4. The summed E-state index contributed by atoms with van der Waals surface area (Å²) in [5.74, 6) is 0. The Kier molecular flexibility index (Phi) is 5.17. The Morgan fingerprint density at radius 3 is 2.63 bits per heavy atom. The number of hydrogen-bond acceptors (Lipinski definition) is 2. The molecule has 2 nitrogen and oxygen atoms in total. The summed E-state index contributed by atoms with van der Waals surface area (Å²) in [7, 11) is 0. The average molecular weight is 258 g/mol. The second kappa shape index (κ2) is 6.88. The lowest BCUT2D eigenvalue weighted by Gasteiger charge is -2.27. The summed E-state index contributed by atoms with van der Waals surface area (Å²) in [4.78, 5) is 2.55. The molecule has 1 aliphatic heterocycles. The van der Waals surface area contributed by atoms with Gasteiger partial charge < -0.3 is 5.32 Å². The molecule has 0 radical (unpaired) electrons. The Balaban J connectivity index is 2.01. The van der Waals surface area contributed by atoms with Crippen LogP contribution >= 0.6 is 0 Å². The van der Waals surface area contributed by atoms with Crippen LogP contribution in [0, 0.1) is 0 Å². The van der Waals surface area contributed by atoms with Crippen molar-refractivity contribution in [3.8, 4) is 0 Å². The molecule has 0 bridgehead atoms. The van der Waals surface area contributed by atoms with Crippen LogP contribution < -0.4 is 5.32 Å². The molecule has 0 amide bonds. The number of hydrogen-bond donors (Lipinski definition) is 1. The summed E-state index contributed by atoms with van der Waals surface area (Å²) in [5.41, 5.74) is 4.40. The fourth-order valence-electron chi connectivity index (χ4n) is 2.56. The van der Waals surface area contributed by atoms with E-state index in [1.807, 2.05) is 0 Å². The molecule has 0 fully saturated rings. The average Bonchev–Trinajstić information content (AvgIpc) is 2.38. The highest BCUT2D eigenvalue weighted by molar-refractivity contribution is 5.27. The van der Waals surface area contributed by atoms with E-state index in [0.29, 0.717) is 6.04 Å². The van der Waals surface area contributed by atoms with E-state index in [9.17, 15) is 0 Å². The Hall–Kier alpha value is -1.12. The maximum Gasteiger partial charge on any atom is 0.0240 e. The van der Waals surface area contributed by atoms with Crippen LogP contribution in [0.3, 0.4) is 0 Å². The van der Waals surface area contributed by atoms with Gasteiger partial charge >= 0.3 is 0 Å². The minimum atomic E-state index is 0.535. The molecule has 1 aromatic rings. The molecule has 0 aromatic heterocycles. The molecular weight excluding hydrogens is 232 g/mol. The third-order valence-corrected chi connectivity index (χ3v) is 3.62. The smallest absolute Gasteiger partial charge is 0.0240 e. The second-order valence-corrected chi connectivity index (χ2v) is 5.85. The van der Waals surface area contributed by atoms with Gasteiger partial charge in [-0.1, -0.05) is 49.8 Å². The van der Waals surface area contributed by atoms with E-state index < -0.39 is 0 Å². The molecule has 0 saturated heterocycles. The highest BCUT2D eigenvalue weighted by Gasteiger charge is 2.12. The van der Waals surface area contributed by atoms with Crippen molar-refractivity contribution in [1.29, 1.82) is 0 Å². The zero-order valence-electron chi connectivity index (χ0n) is 12.4. The zero-order chi connectivity index (χ0) is 13.7. The van der Waals surface area contributed by atoms with Gasteiger partial charge in [0.25, 0.3) is 0 Å². The molecule has 19 heavy (non-hydrogen) atoms. The van der Waals surface area contributed by atoms with Crippen LogP contribution in [-0.2, 0) is 13.1 Å². The number of benzene rings is 1. The van der Waals surface area contributed by atoms with Gasteiger partial charge in [0.15, 0.2) is 0 Å². The van der Waals surface area contributed by atoms with E-state index in [1.165, 1.54) is 29.7 Å². The Bertz CT molecular complexity index is 435. The number of nitrogens with one attached hydrogen (secondary N) is 1. The van der Waals surface area contributed by atoms with E-state index >= 15 is 0 Å². The lowest BCUT2D eigenvalue weighted by molar-refractivity contribution is 0.281. The van der Waals surface area contributed by atoms with Gasteiger partial charge in [0.2, 0.25) is 0 Å². The van der Waals surface area contributed by atoms with Gasteiger partial charge in [-0.15, -0.1) is 0 Å². The first-order valence-electron chi connectivity index (χ1n) is 7.33. The van der Waals surface area contributed by atoms with Crippen molar-refractivity contribution in [1.82, 2.24) is 10.2 Å². The lowest BCUT2D eigenvalue weighted by Crippen LogP contribution is -2.30. The molecule has 2 heteroatoms. The summed E-state index contributed by atoms with van der Waals surface area (Å²) >= 11 is 0. The molecule has 1 N–H and O–H groups in total. The fraction of sp³-hybridized carbons (Fsp3) is 0.529. The molecular formula is C17H26N2. The van der Waals surface area contributed by atoms with Crippen LogP contribution in [0.15, 0.2) is 35.9 Å². The summed E-state index contributed by atoms with van der Waals surface area (Å²) in [6.45, 7) is 11.0. The molecule has 1 aromatic carbocycles. The molecule has 0 unspecified atom stereocenters. The second-order valence-electron chi connectivity index (χ2n) is 5.85. The quantitative estimate of drug-likeness (QED) is 0.815. The van der Waals surface area contributed by atoms with E-state index in [-0.39, 0.29) is 0 Å². The first-order valence-corrected chi connectivity index (χ1v) is 7.33. The van der Waals surface area contributed by atoms with E-state index in [1.54, 1.807) is 0 Å². The predicted molar refractivity (Wildman–Crippen MR) is 82.1 cm³/mol. The van der Waals surface area contributed by atoms with E-state index in [4.69, 9.17) is 0 Å². The SMILES string of the molecule is CC1=CCCN(Cc2ccccc2CNC(C)C)C1. The molecule has 104 valence electrons. The van der Waals surface area contributed by atoms with Gasteiger partial charge in [-0.2, -0.15) is 0 Å². The van der Waals surface area contributed by atoms with Crippen LogP contribution in [0.4, 0.5) is 0 Å². The van der Waals surface area contributed by atoms with Crippen molar-refractivity contribution < 1.29 is 0 Å². The molecule has 0 atom stereocenters. The van der Waals surface area contributed by atoms with E-state index in [0.717, 1.165) is 19.6 Å². The summed E-state index contributed by atoms with van der Waals surface area (Å²) in [6, 6.07) is 9.35. The van der Waals surface area contributed by atoms with Gasteiger partial charge in [-0.3, -0.25) is 4.90 Å². The molecule has 0 spiro atoms. The number of rotatable bonds is 5. The van der Waals surface area contributed by atoms with Crippen LogP contribution in [0.5, 0.6) is 0 Å². The highest BCUT2D eigenvalue weighted by Crippen LogP contribution is 2.16. The van der Waals surface area contributed by atoms with Crippen LogP contribution in [0.1, 0.15) is 38.3 Å². The first kappa shape index (κ1) is 14.3. The third kappa shape index (κ3) is 4.48. The molecule has 1 aliphatic rings. The molecule has 0 saturated carbocycles. The highest BCUT2D eigenvalue weighted by atomic mass is 15.1. The lowest BCUT2D eigenvalue weighted by atomic mass is 10.0. The normalized spacial score (nSPS) is 16.7. The summed E-state index contributed by atoms with van der Waals surface area (Å²) in [5, 5.41) is 3.52. The maximum absolute atomic E-state index is 3.52.